The molecule has 26 heavy (non-hydrogen) atoms. The van der Waals surface area contributed by atoms with Crippen LogP contribution >= 0.6 is 11.3 Å². The molecule has 7 heteroatoms. The van der Waals surface area contributed by atoms with E-state index in [4.69, 9.17) is 5.73 Å². The van der Waals surface area contributed by atoms with Gasteiger partial charge in [-0.2, -0.15) is 0 Å². The van der Waals surface area contributed by atoms with Crippen LogP contribution in [0.4, 0.5) is 0 Å². The number of aldehydes is 1. The van der Waals surface area contributed by atoms with E-state index < -0.39 is 0 Å². The van der Waals surface area contributed by atoms with Gasteiger partial charge in [0.1, 0.15) is 5.69 Å². The molecule has 6 nitrogen and oxygen atoms in total. The zero-order valence-electron chi connectivity index (χ0n) is 14.4. The van der Waals surface area contributed by atoms with Crippen LogP contribution in [0, 0.1) is 0 Å². The predicted molar refractivity (Wildman–Crippen MR) is 104 cm³/mol. The van der Waals surface area contributed by atoms with Crippen molar-refractivity contribution in [2.24, 2.45) is 5.73 Å². The van der Waals surface area contributed by atoms with E-state index in [0.29, 0.717) is 23.8 Å². The van der Waals surface area contributed by atoms with Crippen molar-refractivity contribution in [1.82, 2.24) is 15.3 Å². The summed E-state index contributed by atoms with van der Waals surface area (Å²) in [5, 5.41) is 3.36. The van der Waals surface area contributed by atoms with Crippen LogP contribution in [-0.2, 0) is 0 Å². The third kappa shape index (κ3) is 6.34. The summed E-state index contributed by atoms with van der Waals surface area (Å²) in [6.07, 6.45) is 5.43. The first-order valence-corrected chi connectivity index (χ1v) is 9.26. The largest absolute Gasteiger partial charge is 0.351 e. The Kier molecular flexibility index (Phi) is 8.38. The SMILES string of the molecule is NCCCCCNC(=O)c1ccccn1.O=Cc1nc2ccccc2s1. The monoisotopic (exact) mass is 370 g/mol. The number of aromatic nitrogens is 2. The summed E-state index contributed by atoms with van der Waals surface area (Å²) >= 11 is 1.42. The first kappa shape index (κ1) is 19.7. The number of nitrogens with two attached hydrogens (primary N) is 1. The predicted octanol–water partition coefficient (Wildman–Crippen LogP) is 3.05. The molecule has 2 aromatic heterocycles. The molecule has 1 amide bonds. The maximum atomic E-state index is 11.5. The molecule has 0 radical (unpaired) electrons. The van der Waals surface area contributed by atoms with Gasteiger partial charge in [-0.05, 0) is 43.7 Å². The second kappa shape index (κ2) is 11.1. The Labute approximate surface area is 156 Å². The molecule has 0 aliphatic heterocycles. The lowest BCUT2D eigenvalue weighted by molar-refractivity contribution is 0.0947. The Hall–Kier alpha value is -2.64. The Bertz CT molecular complexity index is 788. The number of carbonyl (C=O) groups excluding carboxylic acids is 2. The molecule has 0 unspecified atom stereocenters. The first-order valence-electron chi connectivity index (χ1n) is 8.44. The van der Waals surface area contributed by atoms with Crippen molar-refractivity contribution in [2.75, 3.05) is 13.1 Å². The number of thiazole rings is 1. The summed E-state index contributed by atoms with van der Waals surface area (Å²) in [4.78, 5) is 29.8. The number of pyridine rings is 1. The maximum Gasteiger partial charge on any atom is 0.269 e. The Balaban J connectivity index is 0.000000195. The van der Waals surface area contributed by atoms with Crippen molar-refractivity contribution in [3.63, 3.8) is 0 Å². The van der Waals surface area contributed by atoms with Gasteiger partial charge < -0.3 is 11.1 Å². The second-order valence-corrected chi connectivity index (χ2v) is 6.52. The number of para-hydroxylation sites is 1. The second-order valence-electron chi connectivity index (χ2n) is 5.46. The van der Waals surface area contributed by atoms with Crippen LogP contribution in [0.15, 0.2) is 48.7 Å². The lowest BCUT2D eigenvalue weighted by atomic mass is 10.2. The summed E-state index contributed by atoms with van der Waals surface area (Å²) in [5.41, 5.74) is 6.74. The smallest absolute Gasteiger partial charge is 0.269 e. The lowest BCUT2D eigenvalue weighted by Crippen LogP contribution is -2.25. The van der Waals surface area contributed by atoms with Gasteiger partial charge >= 0.3 is 0 Å². The van der Waals surface area contributed by atoms with Crippen molar-refractivity contribution in [3.05, 3.63) is 59.4 Å². The average Bonchev–Trinajstić information content (AvgIpc) is 3.12. The highest BCUT2D eigenvalue weighted by molar-refractivity contribution is 7.19. The fourth-order valence-corrected chi connectivity index (χ4v) is 2.96. The molecule has 0 saturated carbocycles. The highest BCUT2D eigenvalue weighted by atomic mass is 32.1. The highest BCUT2D eigenvalue weighted by Crippen LogP contribution is 2.19. The molecule has 3 aromatic rings. The average molecular weight is 370 g/mol. The fraction of sp³-hybridized carbons (Fsp3) is 0.263. The molecule has 2 heterocycles. The Morgan fingerprint density at radius 2 is 1.92 bits per heavy atom. The normalized spacial score (nSPS) is 10.0. The highest BCUT2D eigenvalue weighted by Gasteiger charge is 2.03. The number of fused-ring (bicyclic) bond motifs is 1. The molecule has 0 spiro atoms. The minimum absolute atomic E-state index is 0.108. The van der Waals surface area contributed by atoms with Crippen molar-refractivity contribution in [3.8, 4) is 0 Å². The molecule has 0 atom stereocenters. The van der Waals surface area contributed by atoms with Gasteiger partial charge in [0.25, 0.3) is 5.91 Å². The lowest BCUT2D eigenvalue weighted by Gasteiger charge is -2.03. The van der Waals surface area contributed by atoms with E-state index in [0.717, 1.165) is 35.8 Å². The van der Waals surface area contributed by atoms with E-state index in [1.165, 1.54) is 11.3 Å². The van der Waals surface area contributed by atoms with Gasteiger partial charge in [0.2, 0.25) is 0 Å². The number of hydrogen-bond donors (Lipinski definition) is 2. The van der Waals surface area contributed by atoms with Crippen molar-refractivity contribution in [1.29, 1.82) is 0 Å². The summed E-state index contributed by atoms with van der Waals surface area (Å²) in [5.74, 6) is -0.108. The summed E-state index contributed by atoms with van der Waals surface area (Å²) < 4.78 is 1.06. The first-order chi connectivity index (χ1) is 12.7. The van der Waals surface area contributed by atoms with E-state index >= 15 is 0 Å². The van der Waals surface area contributed by atoms with Gasteiger partial charge in [-0.3, -0.25) is 14.6 Å². The molecular weight excluding hydrogens is 348 g/mol. The molecule has 0 bridgehead atoms. The molecule has 0 aliphatic rings. The molecule has 0 saturated heterocycles. The summed E-state index contributed by atoms with van der Waals surface area (Å²) in [6, 6.07) is 13.0. The number of benzene rings is 1. The molecule has 3 rings (SSSR count). The number of rotatable bonds is 7. The van der Waals surface area contributed by atoms with Gasteiger partial charge in [0, 0.05) is 12.7 Å². The van der Waals surface area contributed by atoms with E-state index in [1.54, 1.807) is 24.4 Å². The van der Waals surface area contributed by atoms with Crippen LogP contribution in [0.5, 0.6) is 0 Å². The fourth-order valence-electron chi connectivity index (χ4n) is 2.18. The third-order valence-corrected chi connectivity index (χ3v) is 4.44. The van der Waals surface area contributed by atoms with Gasteiger partial charge in [0.05, 0.1) is 10.2 Å². The van der Waals surface area contributed by atoms with E-state index in [-0.39, 0.29) is 5.91 Å². The molecule has 0 fully saturated rings. The molecule has 136 valence electrons. The third-order valence-electron chi connectivity index (χ3n) is 3.48. The zero-order chi connectivity index (χ0) is 18.6. The van der Waals surface area contributed by atoms with Crippen LogP contribution < -0.4 is 11.1 Å². The minimum Gasteiger partial charge on any atom is -0.351 e. The summed E-state index contributed by atoms with van der Waals surface area (Å²) in [6.45, 7) is 1.41. The number of unbranched alkanes of at least 4 members (excludes halogenated alkanes) is 2. The Morgan fingerprint density at radius 1 is 1.12 bits per heavy atom. The molecule has 1 aromatic carbocycles. The minimum atomic E-state index is -0.108. The van der Waals surface area contributed by atoms with Crippen LogP contribution in [0.3, 0.4) is 0 Å². The molecular formula is C19H22N4O2S. The van der Waals surface area contributed by atoms with Gasteiger partial charge in [0.15, 0.2) is 11.3 Å². The van der Waals surface area contributed by atoms with Crippen LogP contribution in [-0.4, -0.2) is 35.3 Å². The van der Waals surface area contributed by atoms with Gasteiger partial charge in [-0.25, -0.2) is 4.98 Å². The van der Waals surface area contributed by atoms with Gasteiger partial charge in [-0.1, -0.05) is 24.6 Å². The van der Waals surface area contributed by atoms with Crippen LogP contribution in [0.25, 0.3) is 10.2 Å². The van der Waals surface area contributed by atoms with Crippen LogP contribution in [0.1, 0.15) is 39.6 Å². The number of carbonyl (C=O) groups is 2. The van der Waals surface area contributed by atoms with Crippen molar-refractivity contribution >= 4 is 33.7 Å². The van der Waals surface area contributed by atoms with Gasteiger partial charge in [-0.15, -0.1) is 11.3 Å². The van der Waals surface area contributed by atoms with E-state index in [9.17, 15) is 9.59 Å². The van der Waals surface area contributed by atoms with Crippen molar-refractivity contribution in [2.45, 2.75) is 19.3 Å². The standard InChI is InChI=1S/C11H17N3O.C8H5NOS/c12-7-3-1-4-9-14-11(15)10-6-2-5-8-13-10;10-5-8-9-6-3-1-2-4-7(6)11-8/h2,5-6,8H,1,3-4,7,9,12H2,(H,14,15);1-5H. The number of hydrogen-bond acceptors (Lipinski definition) is 6. The van der Waals surface area contributed by atoms with Crippen molar-refractivity contribution < 1.29 is 9.59 Å². The Morgan fingerprint density at radius 3 is 2.62 bits per heavy atom. The molecule has 3 N–H and O–H groups in total. The quantitative estimate of drug-likeness (QED) is 0.492. The van der Waals surface area contributed by atoms with E-state index in [2.05, 4.69) is 15.3 Å². The zero-order valence-corrected chi connectivity index (χ0v) is 15.2. The number of nitrogens with one attached hydrogen (secondary N) is 1. The molecule has 0 aliphatic carbocycles. The number of amides is 1. The number of nitrogens with zero attached hydrogens (tertiary/aromatic N) is 2. The topological polar surface area (TPSA) is 98.0 Å². The van der Waals surface area contributed by atoms with E-state index in [1.807, 2.05) is 24.3 Å². The maximum absolute atomic E-state index is 11.5. The van der Waals surface area contributed by atoms with Crippen LogP contribution in [0.2, 0.25) is 0 Å². The summed E-state index contributed by atoms with van der Waals surface area (Å²) in [7, 11) is 0.